The normalized spacial score (nSPS) is 27.2. The first-order valence-corrected chi connectivity index (χ1v) is 8.30. The van der Waals surface area contributed by atoms with Crippen LogP contribution < -0.4 is 5.32 Å². The summed E-state index contributed by atoms with van der Waals surface area (Å²) >= 11 is 6.01. The summed E-state index contributed by atoms with van der Waals surface area (Å²) in [4.78, 5) is 12.6. The number of alkyl halides is 1. The maximum Gasteiger partial charge on any atom is 0.226 e. The first kappa shape index (κ1) is 18.2. The average molecular weight is 374 g/mol. The van der Waals surface area contributed by atoms with Crippen molar-refractivity contribution in [1.29, 1.82) is 0 Å². The minimum Gasteiger partial charge on any atom is -0.387 e. The molecule has 1 fully saturated rings. The number of nitrogens with zero attached hydrogens (tertiary/aromatic N) is 4. The van der Waals surface area contributed by atoms with Crippen LogP contribution in [0.2, 0.25) is 5.28 Å². The number of ether oxygens (including phenoxy) is 1. The molecule has 3 N–H and O–H groups in total. The van der Waals surface area contributed by atoms with Crippen molar-refractivity contribution < 1.29 is 19.3 Å². The minimum absolute atomic E-state index is 0.000681. The molecule has 0 amide bonds. The summed E-state index contributed by atoms with van der Waals surface area (Å²) in [6.07, 6.45) is -3.35. The molecule has 3 rings (SSSR count). The van der Waals surface area contributed by atoms with Crippen molar-refractivity contribution in [3.05, 3.63) is 11.6 Å². The Hall–Kier alpha value is -1.55. The van der Waals surface area contributed by atoms with E-state index in [4.69, 9.17) is 16.3 Å². The van der Waals surface area contributed by atoms with Crippen LogP contribution in [0.25, 0.3) is 11.2 Å². The zero-order valence-corrected chi connectivity index (χ0v) is 14.9. The lowest BCUT2D eigenvalue weighted by molar-refractivity contribution is -0.0409. The molecule has 1 aliphatic heterocycles. The van der Waals surface area contributed by atoms with E-state index in [9.17, 15) is 14.6 Å². The van der Waals surface area contributed by atoms with Gasteiger partial charge in [0.1, 0.15) is 25.0 Å². The number of rotatable bonds is 4. The largest absolute Gasteiger partial charge is 0.387 e. The van der Waals surface area contributed by atoms with E-state index in [1.54, 1.807) is 0 Å². The van der Waals surface area contributed by atoms with Crippen molar-refractivity contribution in [2.75, 3.05) is 18.5 Å². The van der Waals surface area contributed by atoms with Crippen molar-refractivity contribution in [1.82, 2.24) is 19.5 Å². The van der Waals surface area contributed by atoms with Gasteiger partial charge in [-0.05, 0) is 17.0 Å². The molecule has 0 unspecified atom stereocenters. The lowest BCUT2D eigenvalue weighted by atomic mass is 9.97. The Balaban J connectivity index is 1.98. The lowest BCUT2D eigenvalue weighted by Crippen LogP contribution is -2.32. The number of imidazole rings is 1. The van der Waals surface area contributed by atoms with Crippen LogP contribution in [0.15, 0.2) is 6.33 Å². The topological polar surface area (TPSA) is 105 Å². The van der Waals surface area contributed by atoms with E-state index in [2.05, 4.69) is 41.0 Å². The summed E-state index contributed by atoms with van der Waals surface area (Å²) in [6.45, 7) is 5.93. The number of halogens is 2. The second-order valence-electron chi connectivity index (χ2n) is 7.28. The maximum atomic E-state index is 12.9. The zero-order chi connectivity index (χ0) is 18.4. The second kappa shape index (κ2) is 6.64. The number of aromatic nitrogens is 4. The van der Waals surface area contributed by atoms with Gasteiger partial charge in [0, 0.05) is 6.54 Å². The monoisotopic (exact) mass is 373 g/mol. The third kappa shape index (κ3) is 3.55. The summed E-state index contributed by atoms with van der Waals surface area (Å²) in [5, 5.41) is 23.2. The van der Waals surface area contributed by atoms with E-state index in [0.717, 1.165) is 0 Å². The first-order valence-electron chi connectivity index (χ1n) is 7.93. The van der Waals surface area contributed by atoms with Crippen molar-refractivity contribution in [2.24, 2.45) is 5.41 Å². The van der Waals surface area contributed by atoms with Gasteiger partial charge in [-0.2, -0.15) is 9.97 Å². The number of hydrogen-bond acceptors (Lipinski definition) is 7. The van der Waals surface area contributed by atoms with Crippen LogP contribution >= 0.6 is 11.6 Å². The van der Waals surface area contributed by atoms with Gasteiger partial charge in [0.05, 0.1) is 6.33 Å². The first-order chi connectivity index (χ1) is 11.7. The predicted octanol–water partition coefficient (Wildman–Crippen LogP) is 1.53. The molecule has 10 heteroatoms. The highest BCUT2D eigenvalue weighted by molar-refractivity contribution is 6.28. The van der Waals surface area contributed by atoms with Crippen LogP contribution in [0.5, 0.6) is 0 Å². The van der Waals surface area contributed by atoms with E-state index < -0.39 is 31.2 Å². The summed E-state index contributed by atoms with van der Waals surface area (Å²) in [7, 11) is 0. The molecule has 0 saturated carbocycles. The molecule has 1 saturated heterocycles. The number of nitrogens with one attached hydrogen (secondary N) is 1. The molecule has 138 valence electrons. The summed E-state index contributed by atoms with van der Waals surface area (Å²) < 4.78 is 19.7. The van der Waals surface area contributed by atoms with E-state index in [-0.39, 0.29) is 10.7 Å². The number of aliphatic hydroxyl groups is 2. The fraction of sp³-hybridized carbons (Fsp3) is 0.667. The number of anilines is 1. The van der Waals surface area contributed by atoms with Crippen molar-refractivity contribution in [3.8, 4) is 0 Å². The van der Waals surface area contributed by atoms with E-state index in [0.29, 0.717) is 23.5 Å². The molecule has 0 radical (unpaired) electrons. The van der Waals surface area contributed by atoms with E-state index in [1.807, 2.05) is 0 Å². The smallest absolute Gasteiger partial charge is 0.226 e. The van der Waals surface area contributed by atoms with Crippen molar-refractivity contribution in [3.63, 3.8) is 0 Å². The summed E-state index contributed by atoms with van der Waals surface area (Å²) in [6, 6.07) is 0. The van der Waals surface area contributed by atoms with E-state index in [1.165, 1.54) is 10.9 Å². The Morgan fingerprint density at radius 3 is 2.64 bits per heavy atom. The van der Waals surface area contributed by atoms with Crippen LogP contribution in [0.1, 0.15) is 27.0 Å². The van der Waals surface area contributed by atoms with Gasteiger partial charge in [-0.25, -0.2) is 9.37 Å². The summed E-state index contributed by atoms with van der Waals surface area (Å²) in [5.74, 6) is 0.457. The highest BCUT2D eigenvalue weighted by atomic mass is 35.5. The molecule has 0 aliphatic carbocycles. The third-order valence-corrected chi connectivity index (χ3v) is 4.11. The van der Waals surface area contributed by atoms with Gasteiger partial charge in [-0.3, -0.25) is 4.57 Å². The summed E-state index contributed by atoms with van der Waals surface area (Å²) in [5.41, 5.74) is 0.782. The Morgan fingerprint density at radius 1 is 1.32 bits per heavy atom. The van der Waals surface area contributed by atoms with Crippen molar-refractivity contribution in [2.45, 2.75) is 45.3 Å². The van der Waals surface area contributed by atoms with Gasteiger partial charge < -0.3 is 20.3 Å². The number of hydrogen-bond donors (Lipinski definition) is 3. The SMILES string of the molecule is CC(C)(C)CNc1nc(Cl)nc2c1ncn2[C@@H]1O[C@H](CF)[C@@H](O)[C@H]1O. The molecule has 2 aromatic heterocycles. The molecule has 0 aromatic carbocycles. The van der Waals surface area contributed by atoms with Crippen LogP contribution in [-0.4, -0.2) is 61.3 Å². The Bertz CT molecular complexity index is 765. The highest BCUT2D eigenvalue weighted by Crippen LogP contribution is 2.33. The fourth-order valence-electron chi connectivity index (χ4n) is 2.63. The Kier molecular flexibility index (Phi) is 4.84. The molecular weight excluding hydrogens is 353 g/mol. The molecule has 0 spiro atoms. The Labute approximate surface area is 149 Å². The van der Waals surface area contributed by atoms with Gasteiger partial charge in [0.15, 0.2) is 23.2 Å². The van der Waals surface area contributed by atoms with Crippen LogP contribution in [0, 0.1) is 5.41 Å². The fourth-order valence-corrected chi connectivity index (χ4v) is 2.80. The van der Waals surface area contributed by atoms with Gasteiger partial charge in [-0.15, -0.1) is 0 Å². The molecular formula is C15H21ClFN5O3. The van der Waals surface area contributed by atoms with Gasteiger partial charge in [0.25, 0.3) is 0 Å². The van der Waals surface area contributed by atoms with Crippen molar-refractivity contribution >= 4 is 28.6 Å². The zero-order valence-electron chi connectivity index (χ0n) is 14.1. The van der Waals surface area contributed by atoms with Crippen LogP contribution in [-0.2, 0) is 4.74 Å². The Morgan fingerprint density at radius 2 is 2.04 bits per heavy atom. The molecule has 2 aromatic rings. The van der Waals surface area contributed by atoms with E-state index >= 15 is 0 Å². The standard InChI is InChI=1S/C15H21ClFN5O3/c1-15(2,3)5-18-11-8-12(21-14(16)20-11)22(6-19-8)13-10(24)9(23)7(4-17)25-13/h6-7,9-10,13,23-24H,4-5H2,1-3H3,(H,18,20,21)/t7-,9-,10-,13-/m1/s1. The molecule has 3 heterocycles. The van der Waals surface area contributed by atoms with Crippen LogP contribution in [0.4, 0.5) is 10.2 Å². The lowest BCUT2D eigenvalue weighted by Gasteiger charge is -2.19. The highest BCUT2D eigenvalue weighted by Gasteiger charge is 2.44. The average Bonchev–Trinajstić information content (AvgIpc) is 3.06. The van der Waals surface area contributed by atoms with Crippen LogP contribution in [0.3, 0.4) is 0 Å². The molecule has 1 aliphatic rings. The quantitative estimate of drug-likeness (QED) is 0.698. The van der Waals surface area contributed by atoms with Gasteiger partial charge in [0.2, 0.25) is 5.28 Å². The molecule has 8 nitrogen and oxygen atoms in total. The maximum absolute atomic E-state index is 12.9. The molecule has 0 bridgehead atoms. The number of fused-ring (bicyclic) bond motifs is 1. The van der Waals surface area contributed by atoms with Gasteiger partial charge >= 0.3 is 0 Å². The number of aliphatic hydroxyl groups excluding tert-OH is 2. The molecule has 4 atom stereocenters. The minimum atomic E-state index is -1.33. The third-order valence-electron chi connectivity index (χ3n) is 3.94. The van der Waals surface area contributed by atoms with Gasteiger partial charge in [-0.1, -0.05) is 20.8 Å². The second-order valence-corrected chi connectivity index (χ2v) is 7.62. The molecule has 25 heavy (non-hydrogen) atoms. The predicted molar refractivity (Wildman–Crippen MR) is 90.2 cm³/mol.